The molecule has 0 aromatic heterocycles. The van der Waals surface area contributed by atoms with Gasteiger partial charge >= 0.3 is 6.03 Å². The summed E-state index contributed by atoms with van der Waals surface area (Å²) in [5.41, 5.74) is 5.78. The van der Waals surface area contributed by atoms with E-state index in [1.54, 1.807) is 18.2 Å². The van der Waals surface area contributed by atoms with Crippen LogP contribution in [0.25, 0.3) is 0 Å². The highest BCUT2D eigenvalue weighted by atomic mass is 35.5. The second kappa shape index (κ2) is 6.19. The molecule has 1 rings (SSSR count). The van der Waals surface area contributed by atoms with Crippen molar-refractivity contribution in [1.82, 2.24) is 5.32 Å². The van der Waals surface area contributed by atoms with E-state index in [-0.39, 0.29) is 6.03 Å². The minimum atomic E-state index is -0.342. The predicted molar refractivity (Wildman–Crippen MR) is 64.1 cm³/mol. The molecular weight excluding hydrogens is 230 g/mol. The number of urea groups is 1. The maximum Gasteiger partial charge on any atom is 0.319 e. The Kier molecular flexibility index (Phi) is 4.88. The molecule has 0 aliphatic carbocycles. The molecule has 0 saturated carbocycles. The number of hydrogen-bond acceptors (Lipinski definition) is 3. The summed E-state index contributed by atoms with van der Waals surface area (Å²) in [5, 5.41) is 5.72. The maximum atomic E-state index is 11.4. The Bertz CT molecular complexity index is 371. The van der Waals surface area contributed by atoms with Gasteiger partial charge in [-0.05, 0) is 18.2 Å². The van der Waals surface area contributed by atoms with Crippen LogP contribution in [0.5, 0.6) is 5.75 Å². The van der Waals surface area contributed by atoms with Gasteiger partial charge in [0.15, 0.2) is 0 Å². The van der Waals surface area contributed by atoms with E-state index in [9.17, 15) is 4.79 Å². The van der Waals surface area contributed by atoms with Gasteiger partial charge in [-0.1, -0.05) is 11.6 Å². The lowest BCUT2D eigenvalue weighted by Crippen LogP contribution is -2.32. The van der Waals surface area contributed by atoms with Crippen LogP contribution in [0.1, 0.15) is 0 Å². The van der Waals surface area contributed by atoms with Crippen LogP contribution in [0.3, 0.4) is 0 Å². The quantitative estimate of drug-likeness (QED) is 0.749. The van der Waals surface area contributed by atoms with Gasteiger partial charge in [0, 0.05) is 18.1 Å². The van der Waals surface area contributed by atoms with E-state index in [4.69, 9.17) is 22.1 Å². The highest BCUT2D eigenvalue weighted by Crippen LogP contribution is 2.27. The Morgan fingerprint density at radius 1 is 1.56 bits per heavy atom. The van der Waals surface area contributed by atoms with E-state index in [2.05, 4.69) is 10.6 Å². The molecule has 0 radical (unpaired) electrons. The van der Waals surface area contributed by atoms with E-state index >= 15 is 0 Å². The second-order valence-corrected chi connectivity index (χ2v) is 3.45. The predicted octanol–water partition coefficient (Wildman–Crippen LogP) is 1.43. The molecule has 0 aliphatic rings. The number of benzene rings is 1. The fourth-order valence-corrected chi connectivity index (χ4v) is 1.30. The Hall–Kier alpha value is -1.46. The zero-order valence-electron chi connectivity index (χ0n) is 8.92. The van der Waals surface area contributed by atoms with Crippen molar-refractivity contribution in [3.8, 4) is 5.75 Å². The second-order valence-electron chi connectivity index (χ2n) is 3.01. The number of nitrogens with one attached hydrogen (secondary N) is 2. The molecule has 0 aliphatic heterocycles. The Morgan fingerprint density at radius 3 is 2.94 bits per heavy atom. The number of carbonyl (C=O) groups excluding carboxylic acids is 1. The van der Waals surface area contributed by atoms with Crippen molar-refractivity contribution >= 4 is 23.3 Å². The molecule has 88 valence electrons. The van der Waals surface area contributed by atoms with Crippen molar-refractivity contribution < 1.29 is 9.53 Å². The Morgan fingerprint density at radius 2 is 2.31 bits per heavy atom. The average Bonchev–Trinajstić information content (AvgIpc) is 2.27. The molecule has 6 heteroatoms. The van der Waals surface area contributed by atoms with Gasteiger partial charge in [0.25, 0.3) is 0 Å². The lowest BCUT2D eigenvalue weighted by atomic mass is 10.3. The molecule has 1 aromatic carbocycles. The molecule has 0 spiro atoms. The molecule has 16 heavy (non-hydrogen) atoms. The number of halogens is 1. The van der Waals surface area contributed by atoms with Crippen molar-refractivity contribution in [3.63, 3.8) is 0 Å². The summed E-state index contributed by atoms with van der Waals surface area (Å²) in [5.74, 6) is 0.548. The summed E-state index contributed by atoms with van der Waals surface area (Å²) in [6, 6.07) is 4.64. The number of nitrogens with two attached hydrogens (primary N) is 1. The summed E-state index contributed by atoms with van der Waals surface area (Å²) >= 11 is 5.81. The van der Waals surface area contributed by atoms with E-state index in [0.717, 1.165) is 0 Å². The summed E-state index contributed by atoms with van der Waals surface area (Å²) in [7, 11) is 1.52. The summed E-state index contributed by atoms with van der Waals surface area (Å²) in [6.45, 7) is 0.800. The number of amides is 2. The van der Waals surface area contributed by atoms with Crippen LogP contribution in [0.15, 0.2) is 18.2 Å². The van der Waals surface area contributed by atoms with Gasteiger partial charge in [-0.25, -0.2) is 4.79 Å². The normalized spacial score (nSPS) is 9.69. The highest BCUT2D eigenvalue weighted by Gasteiger charge is 2.07. The third-order valence-electron chi connectivity index (χ3n) is 1.84. The minimum absolute atomic E-state index is 0.342. The molecule has 0 fully saturated rings. The minimum Gasteiger partial charge on any atom is -0.495 e. The summed E-state index contributed by atoms with van der Waals surface area (Å²) < 4.78 is 5.08. The molecule has 5 nitrogen and oxygen atoms in total. The molecule has 2 amide bonds. The van der Waals surface area contributed by atoms with Crippen LogP contribution >= 0.6 is 11.6 Å². The topological polar surface area (TPSA) is 76.4 Å². The average molecular weight is 244 g/mol. The van der Waals surface area contributed by atoms with Crippen LogP contribution < -0.4 is 21.1 Å². The fourth-order valence-electron chi connectivity index (χ4n) is 1.13. The first-order chi connectivity index (χ1) is 7.67. The fraction of sp³-hybridized carbons (Fsp3) is 0.300. The number of methoxy groups -OCH3 is 1. The number of carbonyl (C=O) groups is 1. The van der Waals surface area contributed by atoms with Gasteiger partial charge in [0.2, 0.25) is 0 Å². The molecule has 0 bridgehead atoms. The summed E-state index contributed by atoms with van der Waals surface area (Å²) in [4.78, 5) is 11.4. The zero-order chi connectivity index (χ0) is 12.0. The van der Waals surface area contributed by atoms with E-state index in [1.807, 2.05) is 0 Å². The lowest BCUT2D eigenvalue weighted by molar-refractivity contribution is 0.252. The largest absolute Gasteiger partial charge is 0.495 e. The highest BCUT2D eigenvalue weighted by molar-refractivity contribution is 6.31. The van der Waals surface area contributed by atoms with Gasteiger partial charge in [-0.3, -0.25) is 0 Å². The van der Waals surface area contributed by atoms with Crippen LogP contribution in [0, 0.1) is 0 Å². The monoisotopic (exact) mass is 243 g/mol. The first-order valence-corrected chi connectivity index (χ1v) is 5.13. The Balaban J connectivity index is 2.71. The first-order valence-electron chi connectivity index (χ1n) is 4.76. The molecule has 4 N–H and O–H groups in total. The van der Waals surface area contributed by atoms with Crippen molar-refractivity contribution in [2.24, 2.45) is 5.73 Å². The molecule has 0 heterocycles. The Labute approximate surface area is 98.9 Å². The smallest absolute Gasteiger partial charge is 0.319 e. The number of anilines is 1. The number of ether oxygens (including phenoxy) is 1. The van der Waals surface area contributed by atoms with Gasteiger partial charge in [0.05, 0.1) is 12.8 Å². The van der Waals surface area contributed by atoms with E-state index < -0.39 is 0 Å². The first kappa shape index (κ1) is 12.6. The van der Waals surface area contributed by atoms with Gasteiger partial charge in [-0.15, -0.1) is 0 Å². The van der Waals surface area contributed by atoms with Crippen molar-refractivity contribution in [2.75, 3.05) is 25.5 Å². The van der Waals surface area contributed by atoms with Crippen molar-refractivity contribution in [2.45, 2.75) is 0 Å². The molecule has 0 saturated heterocycles. The molecule has 1 aromatic rings. The van der Waals surface area contributed by atoms with E-state index in [0.29, 0.717) is 29.5 Å². The third kappa shape index (κ3) is 3.60. The number of hydrogen-bond donors (Lipinski definition) is 3. The standard InChI is InChI=1S/C10H14ClN3O2/c1-16-9-3-2-7(11)6-8(9)14-10(15)13-5-4-12/h2-3,6H,4-5,12H2,1H3,(H2,13,14,15). The lowest BCUT2D eigenvalue weighted by Gasteiger charge is -2.10. The van der Waals surface area contributed by atoms with Crippen LogP contribution in [0.4, 0.5) is 10.5 Å². The third-order valence-corrected chi connectivity index (χ3v) is 2.07. The zero-order valence-corrected chi connectivity index (χ0v) is 9.67. The van der Waals surface area contributed by atoms with Crippen molar-refractivity contribution in [3.05, 3.63) is 23.2 Å². The molecule has 0 atom stereocenters. The summed E-state index contributed by atoms with van der Waals surface area (Å²) in [6.07, 6.45) is 0. The number of rotatable bonds is 4. The molecule has 0 unspecified atom stereocenters. The van der Waals surface area contributed by atoms with Crippen LogP contribution in [-0.4, -0.2) is 26.2 Å². The van der Waals surface area contributed by atoms with E-state index in [1.165, 1.54) is 7.11 Å². The van der Waals surface area contributed by atoms with Crippen LogP contribution in [-0.2, 0) is 0 Å². The molecular formula is C10H14ClN3O2. The van der Waals surface area contributed by atoms with Crippen LogP contribution in [0.2, 0.25) is 5.02 Å². The SMILES string of the molecule is COc1ccc(Cl)cc1NC(=O)NCCN. The van der Waals surface area contributed by atoms with Gasteiger partial charge in [-0.2, -0.15) is 0 Å². The van der Waals surface area contributed by atoms with Gasteiger partial charge < -0.3 is 21.1 Å². The van der Waals surface area contributed by atoms with Crippen molar-refractivity contribution in [1.29, 1.82) is 0 Å². The maximum absolute atomic E-state index is 11.4. The van der Waals surface area contributed by atoms with Gasteiger partial charge in [0.1, 0.15) is 5.75 Å².